The Hall–Kier alpha value is -1.99. The van der Waals surface area contributed by atoms with Gasteiger partial charge >= 0.3 is 0 Å². The van der Waals surface area contributed by atoms with E-state index in [2.05, 4.69) is 0 Å². The van der Waals surface area contributed by atoms with Crippen LogP contribution in [0.15, 0.2) is 24.3 Å². The van der Waals surface area contributed by atoms with Crippen LogP contribution >= 0.6 is 0 Å². The summed E-state index contributed by atoms with van der Waals surface area (Å²) in [6.45, 7) is 1.81. The number of hydrogen-bond acceptors (Lipinski definition) is 4. The average molecular weight is 366 g/mol. The summed E-state index contributed by atoms with van der Waals surface area (Å²) in [6.07, 6.45) is -0.0184. The monoisotopic (exact) mass is 366 g/mol. The van der Waals surface area contributed by atoms with Crippen LogP contribution < -0.4 is 11.5 Å². The topological polar surface area (TPSA) is 116 Å². The number of carbonyl (C=O) groups excluding carboxylic acids is 2. The number of aryl methyl sites for hydroxylation is 1. The zero-order valence-corrected chi connectivity index (χ0v) is 14.9. The summed E-state index contributed by atoms with van der Waals surface area (Å²) in [5.41, 5.74) is 11.4. The zero-order valence-electron chi connectivity index (χ0n) is 14.9. The molecular formula is C19H27FN2O4. The number of primary amides is 2. The SMILES string of the molecule is CC1CC(C(CC(O)CCc2ccccc2F)C(N)=O)CC(C(N)=O)O1. The van der Waals surface area contributed by atoms with Gasteiger partial charge in [0.2, 0.25) is 11.8 Å². The summed E-state index contributed by atoms with van der Waals surface area (Å²) >= 11 is 0. The van der Waals surface area contributed by atoms with E-state index in [1.807, 2.05) is 6.92 Å². The number of nitrogens with two attached hydrogens (primary N) is 2. The van der Waals surface area contributed by atoms with Crippen molar-refractivity contribution in [2.24, 2.45) is 23.3 Å². The number of aliphatic hydroxyl groups excluding tert-OH is 1. The molecule has 5 N–H and O–H groups in total. The minimum absolute atomic E-state index is 0.173. The normalized spacial score (nSPS) is 25.4. The molecule has 0 bridgehead atoms. The second-order valence-electron chi connectivity index (χ2n) is 7.10. The molecule has 1 saturated heterocycles. The number of amides is 2. The summed E-state index contributed by atoms with van der Waals surface area (Å²) in [4.78, 5) is 23.4. The standard InChI is InChI=1S/C19H27FN2O4/c1-11-8-13(9-17(26-11)19(22)25)15(18(21)24)10-14(23)7-6-12-4-2-3-5-16(12)20/h2-5,11,13-15,17,23H,6-10H2,1H3,(H2,21,24)(H2,22,25). The summed E-state index contributed by atoms with van der Waals surface area (Å²) in [6, 6.07) is 6.40. The van der Waals surface area contributed by atoms with Gasteiger partial charge in [-0.25, -0.2) is 4.39 Å². The van der Waals surface area contributed by atoms with Crippen molar-refractivity contribution in [1.82, 2.24) is 0 Å². The minimum Gasteiger partial charge on any atom is -0.393 e. The smallest absolute Gasteiger partial charge is 0.246 e. The molecule has 5 unspecified atom stereocenters. The number of ether oxygens (including phenoxy) is 1. The maximum atomic E-state index is 13.7. The summed E-state index contributed by atoms with van der Waals surface area (Å²) in [5.74, 6) is -2.16. The van der Waals surface area contributed by atoms with Crippen molar-refractivity contribution in [1.29, 1.82) is 0 Å². The Morgan fingerprint density at radius 3 is 2.62 bits per heavy atom. The molecule has 2 amide bonds. The summed E-state index contributed by atoms with van der Waals surface area (Å²) in [5, 5.41) is 10.3. The number of rotatable bonds is 8. The summed E-state index contributed by atoms with van der Waals surface area (Å²) in [7, 11) is 0. The van der Waals surface area contributed by atoms with Gasteiger partial charge in [0.15, 0.2) is 0 Å². The van der Waals surface area contributed by atoms with E-state index in [0.717, 1.165) is 0 Å². The Morgan fingerprint density at radius 2 is 2.00 bits per heavy atom. The maximum absolute atomic E-state index is 13.7. The summed E-state index contributed by atoms with van der Waals surface area (Å²) < 4.78 is 19.2. The molecule has 0 saturated carbocycles. The highest BCUT2D eigenvalue weighted by Crippen LogP contribution is 2.33. The highest BCUT2D eigenvalue weighted by molar-refractivity contribution is 5.80. The van der Waals surface area contributed by atoms with Crippen LogP contribution in [0.3, 0.4) is 0 Å². The molecule has 144 valence electrons. The van der Waals surface area contributed by atoms with Gasteiger partial charge in [-0.1, -0.05) is 18.2 Å². The Bertz CT molecular complexity index is 640. The second kappa shape index (κ2) is 9.09. The molecule has 7 heteroatoms. The van der Waals surface area contributed by atoms with Crippen LogP contribution in [-0.2, 0) is 20.7 Å². The Labute approximate surface area is 152 Å². The molecule has 0 spiro atoms. The molecule has 1 aliphatic rings. The molecule has 1 heterocycles. The van der Waals surface area contributed by atoms with Gasteiger partial charge < -0.3 is 21.3 Å². The lowest BCUT2D eigenvalue weighted by Gasteiger charge is -2.36. The predicted octanol–water partition coefficient (Wildman–Crippen LogP) is 1.28. The van der Waals surface area contributed by atoms with E-state index in [1.54, 1.807) is 18.2 Å². The van der Waals surface area contributed by atoms with Gasteiger partial charge in [0.1, 0.15) is 11.9 Å². The van der Waals surface area contributed by atoms with Crippen molar-refractivity contribution in [2.45, 2.75) is 57.3 Å². The van der Waals surface area contributed by atoms with E-state index in [9.17, 15) is 19.1 Å². The van der Waals surface area contributed by atoms with Gasteiger partial charge in [0, 0.05) is 5.92 Å². The first kappa shape index (κ1) is 20.3. The van der Waals surface area contributed by atoms with Crippen LogP contribution in [-0.4, -0.2) is 35.2 Å². The van der Waals surface area contributed by atoms with Gasteiger partial charge in [-0.2, -0.15) is 0 Å². The fourth-order valence-electron chi connectivity index (χ4n) is 3.68. The molecule has 1 aromatic rings. The first-order valence-corrected chi connectivity index (χ1v) is 8.93. The second-order valence-corrected chi connectivity index (χ2v) is 7.10. The molecule has 5 atom stereocenters. The quantitative estimate of drug-likeness (QED) is 0.643. The van der Waals surface area contributed by atoms with Crippen LogP contribution in [0.1, 0.15) is 38.2 Å². The predicted molar refractivity (Wildman–Crippen MR) is 94.3 cm³/mol. The van der Waals surface area contributed by atoms with Crippen molar-refractivity contribution in [2.75, 3.05) is 0 Å². The van der Waals surface area contributed by atoms with Gasteiger partial charge in [-0.05, 0) is 56.6 Å². The molecule has 6 nitrogen and oxygen atoms in total. The molecular weight excluding hydrogens is 339 g/mol. The van der Waals surface area contributed by atoms with Crippen molar-refractivity contribution < 1.29 is 23.8 Å². The van der Waals surface area contributed by atoms with Crippen molar-refractivity contribution >= 4 is 11.8 Å². The molecule has 0 radical (unpaired) electrons. The lowest BCUT2D eigenvalue weighted by molar-refractivity contribution is -0.145. The van der Waals surface area contributed by atoms with Crippen LogP contribution in [0.4, 0.5) is 4.39 Å². The van der Waals surface area contributed by atoms with Crippen LogP contribution in [0.5, 0.6) is 0 Å². The number of halogens is 1. The Morgan fingerprint density at radius 1 is 1.31 bits per heavy atom. The van der Waals surface area contributed by atoms with Crippen LogP contribution in [0, 0.1) is 17.7 Å². The number of carbonyl (C=O) groups is 2. The van der Waals surface area contributed by atoms with Crippen molar-refractivity contribution in [3.8, 4) is 0 Å². The maximum Gasteiger partial charge on any atom is 0.246 e. The zero-order chi connectivity index (χ0) is 19.3. The molecule has 1 fully saturated rings. The third-order valence-corrected chi connectivity index (χ3v) is 5.03. The molecule has 0 aliphatic carbocycles. The molecule has 1 aromatic carbocycles. The molecule has 2 rings (SSSR count). The van der Waals surface area contributed by atoms with Gasteiger partial charge in [-0.15, -0.1) is 0 Å². The first-order chi connectivity index (χ1) is 12.3. The highest BCUT2D eigenvalue weighted by Gasteiger charge is 2.37. The lowest BCUT2D eigenvalue weighted by Crippen LogP contribution is -2.45. The third kappa shape index (κ3) is 5.51. The number of benzene rings is 1. The Kier molecular flexibility index (Phi) is 7.11. The van der Waals surface area contributed by atoms with E-state index in [0.29, 0.717) is 31.2 Å². The largest absolute Gasteiger partial charge is 0.393 e. The lowest BCUT2D eigenvalue weighted by atomic mass is 9.78. The number of aliphatic hydroxyl groups is 1. The molecule has 26 heavy (non-hydrogen) atoms. The van der Waals surface area contributed by atoms with Crippen molar-refractivity contribution in [3.05, 3.63) is 35.6 Å². The van der Waals surface area contributed by atoms with E-state index in [-0.39, 0.29) is 24.3 Å². The number of hydrogen-bond donors (Lipinski definition) is 3. The van der Waals surface area contributed by atoms with E-state index < -0.39 is 29.9 Å². The van der Waals surface area contributed by atoms with E-state index >= 15 is 0 Å². The van der Waals surface area contributed by atoms with E-state index in [4.69, 9.17) is 16.2 Å². The van der Waals surface area contributed by atoms with E-state index in [1.165, 1.54) is 6.07 Å². The third-order valence-electron chi connectivity index (χ3n) is 5.03. The minimum atomic E-state index is -0.794. The molecule has 0 aromatic heterocycles. The van der Waals surface area contributed by atoms with Crippen molar-refractivity contribution in [3.63, 3.8) is 0 Å². The van der Waals surface area contributed by atoms with Gasteiger partial charge in [0.05, 0.1) is 12.2 Å². The molecule has 1 aliphatic heterocycles. The van der Waals surface area contributed by atoms with Crippen LogP contribution in [0.25, 0.3) is 0 Å². The Balaban J connectivity index is 1.97. The van der Waals surface area contributed by atoms with Gasteiger partial charge in [-0.3, -0.25) is 9.59 Å². The fraction of sp³-hybridized carbons (Fsp3) is 0.579. The highest BCUT2D eigenvalue weighted by atomic mass is 19.1. The average Bonchev–Trinajstić information content (AvgIpc) is 2.58. The van der Waals surface area contributed by atoms with Gasteiger partial charge in [0.25, 0.3) is 0 Å². The van der Waals surface area contributed by atoms with Crippen LogP contribution in [0.2, 0.25) is 0 Å². The first-order valence-electron chi connectivity index (χ1n) is 8.93. The fourth-order valence-corrected chi connectivity index (χ4v) is 3.68.